The summed E-state index contributed by atoms with van der Waals surface area (Å²) in [7, 11) is 0. The highest BCUT2D eigenvalue weighted by Gasteiger charge is 2.36. The van der Waals surface area contributed by atoms with Crippen LogP contribution in [0.1, 0.15) is 18.4 Å². The van der Waals surface area contributed by atoms with Gasteiger partial charge in [0, 0.05) is 12.1 Å². The normalized spacial score (nSPS) is 15.7. The van der Waals surface area contributed by atoms with Crippen LogP contribution in [-0.4, -0.2) is 35.6 Å². The monoisotopic (exact) mass is 269 g/mol. The molecule has 0 aromatic heterocycles. The number of nitrogens with zero attached hydrogens (tertiary/aromatic N) is 1. The predicted octanol–water partition coefficient (Wildman–Crippen LogP) is 2.58. The molecule has 19 heavy (non-hydrogen) atoms. The van der Waals surface area contributed by atoms with Gasteiger partial charge in [-0.05, 0) is 18.8 Å². The van der Waals surface area contributed by atoms with Crippen LogP contribution in [0, 0.1) is 5.92 Å². The third kappa shape index (κ3) is 4.28. The maximum absolute atomic E-state index is 14.1. The zero-order valence-corrected chi connectivity index (χ0v) is 10.6. The van der Waals surface area contributed by atoms with Crippen LogP contribution in [0.25, 0.3) is 0 Å². The number of hydrogen-bond donors (Lipinski definition) is 1. The van der Waals surface area contributed by atoms with Crippen LogP contribution in [-0.2, 0) is 10.7 Å². The van der Waals surface area contributed by atoms with Crippen molar-refractivity contribution in [3.63, 3.8) is 0 Å². The van der Waals surface area contributed by atoms with Crippen molar-refractivity contribution in [3.8, 4) is 0 Å². The van der Waals surface area contributed by atoms with E-state index in [1.807, 2.05) is 0 Å². The summed E-state index contributed by atoms with van der Waals surface area (Å²) in [5.41, 5.74) is -0.0683. The van der Waals surface area contributed by atoms with Crippen LogP contribution in [0.3, 0.4) is 0 Å². The van der Waals surface area contributed by atoms with E-state index in [1.54, 1.807) is 18.2 Å². The molecular weight excluding hydrogens is 252 g/mol. The lowest BCUT2D eigenvalue weighted by molar-refractivity contribution is -0.139. The molecule has 2 rings (SSSR count). The van der Waals surface area contributed by atoms with Crippen molar-refractivity contribution in [2.45, 2.75) is 18.8 Å². The molecule has 1 saturated carbocycles. The number of aliphatic carboxylic acids is 1. The minimum Gasteiger partial charge on any atom is -0.480 e. The van der Waals surface area contributed by atoms with Gasteiger partial charge in [-0.2, -0.15) is 8.78 Å². The number of hydrogen-bond acceptors (Lipinski definition) is 2. The molecule has 0 spiro atoms. The van der Waals surface area contributed by atoms with Crippen LogP contribution < -0.4 is 0 Å². The highest BCUT2D eigenvalue weighted by atomic mass is 19.3. The van der Waals surface area contributed by atoms with Gasteiger partial charge in [0.1, 0.15) is 0 Å². The second-order valence-corrected chi connectivity index (χ2v) is 5.08. The van der Waals surface area contributed by atoms with Gasteiger partial charge in [-0.3, -0.25) is 9.69 Å². The molecule has 5 heteroatoms. The van der Waals surface area contributed by atoms with Gasteiger partial charge >= 0.3 is 5.97 Å². The number of alkyl halides is 2. The number of carboxylic acid groups (broad SMARTS) is 1. The van der Waals surface area contributed by atoms with E-state index in [4.69, 9.17) is 5.11 Å². The number of rotatable bonds is 7. The standard InChI is InChI=1S/C14H17F2NO2/c15-14(16,12-4-2-1-3-5-12)10-17(9-13(18)19)8-11-6-7-11/h1-5,11H,6-10H2,(H,18,19). The summed E-state index contributed by atoms with van der Waals surface area (Å²) in [6, 6.07) is 7.54. The van der Waals surface area contributed by atoms with E-state index in [2.05, 4.69) is 0 Å². The second-order valence-electron chi connectivity index (χ2n) is 5.08. The molecule has 0 unspecified atom stereocenters. The fraction of sp³-hybridized carbons (Fsp3) is 0.500. The largest absolute Gasteiger partial charge is 0.480 e. The first-order chi connectivity index (χ1) is 8.97. The fourth-order valence-corrected chi connectivity index (χ4v) is 2.10. The Kier molecular flexibility index (Phi) is 4.14. The molecule has 0 aliphatic heterocycles. The molecule has 0 amide bonds. The first-order valence-corrected chi connectivity index (χ1v) is 6.35. The molecule has 1 aromatic carbocycles. The lowest BCUT2D eigenvalue weighted by Gasteiger charge is -2.26. The maximum Gasteiger partial charge on any atom is 0.317 e. The highest BCUT2D eigenvalue weighted by Crippen LogP contribution is 2.33. The van der Waals surface area contributed by atoms with Crippen LogP contribution in [0.15, 0.2) is 30.3 Å². The van der Waals surface area contributed by atoms with Crippen LogP contribution in [0.5, 0.6) is 0 Å². The molecule has 1 aromatic rings. The van der Waals surface area contributed by atoms with Gasteiger partial charge in [-0.15, -0.1) is 0 Å². The molecule has 1 fully saturated rings. The molecule has 1 aliphatic rings. The van der Waals surface area contributed by atoms with E-state index in [-0.39, 0.29) is 12.1 Å². The van der Waals surface area contributed by atoms with E-state index in [1.165, 1.54) is 17.0 Å². The van der Waals surface area contributed by atoms with Gasteiger partial charge in [0.2, 0.25) is 0 Å². The Morgan fingerprint density at radius 3 is 2.47 bits per heavy atom. The molecular formula is C14H17F2NO2. The smallest absolute Gasteiger partial charge is 0.317 e. The first kappa shape index (κ1) is 13.9. The molecule has 0 bridgehead atoms. The van der Waals surface area contributed by atoms with E-state index in [9.17, 15) is 13.6 Å². The van der Waals surface area contributed by atoms with Crippen molar-refractivity contribution in [3.05, 3.63) is 35.9 Å². The zero-order chi connectivity index (χ0) is 13.9. The summed E-state index contributed by atoms with van der Waals surface area (Å²) in [4.78, 5) is 12.1. The fourth-order valence-electron chi connectivity index (χ4n) is 2.10. The summed E-state index contributed by atoms with van der Waals surface area (Å²) in [6.45, 7) is -0.437. The average molecular weight is 269 g/mol. The van der Waals surface area contributed by atoms with Gasteiger partial charge in [0.25, 0.3) is 5.92 Å². The topological polar surface area (TPSA) is 40.5 Å². The molecule has 0 saturated heterocycles. The van der Waals surface area contributed by atoms with Crippen molar-refractivity contribution in [2.24, 2.45) is 5.92 Å². The number of carboxylic acids is 1. The van der Waals surface area contributed by atoms with E-state index in [0.29, 0.717) is 12.5 Å². The Morgan fingerprint density at radius 2 is 1.95 bits per heavy atom. The molecule has 0 heterocycles. The summed E-state index contributed by atoms with van der Waals surface area (Å²) in [6.07, 6.45) is 2.01. The molecule has 1 N–H and O–H groups in total. The van der Waals surface area contributed by atoms with Crippen molar-refractivity contribution in [1.82, 2.24) is 4.90 Å². The van der Waals surface area contributed by atoms with Crippen molar-refractivity contribution in [2.75, 3.05) is 19.6 Å². The average Bonchev–Trinajstić information content (AvgIpc) is 3.12. The van der Waals surface area contributed by atoms with Gasteiger partial charge in [0.05, 0.1) is 13.1 Å². The maximum atomic E-state index is 14.1. The van der Waals surface area contributed by atoms with Gasteiger partial charge in [0.15, 0.2) is 0 Å². The quantitative estimate of drug-likeness (QED) is 0.827. The van der Waals surface area contributed by atoms with E-state index >= 15 is 0 Å². The third-order valence-electron chi connectivity index (χ3n) is 3.19. The highest BCUT2D eigenvalue weighted by molar-refractivity contribution is 5.69. The molecule has 3 nitrogen and oxygen atoms in total. The van der Waals surface area contributed by atoms with Gasteiger partial charge in [-0.25, -0.2) is 0 Å². The lowest BCUT2D eigenvalue weighted by Crippen LogP contribution is -2.39. The van der Waals surface area contributed by atoms with Crippen molar-refractivity contribution < 1.29 is 18.7 Å². The Hall–Kier alpha value is -1.49. The molecule has 104 valence electrons. The second kappa shape index (κ2) is 5.65. The summed E-state index contributed by atoms with van der Waals surface area (Å²) >= 11 is 0. The van der Waals surface area contributed by atoms with Crippen LogP contribution >= 0.6 is 0 Å². The van der Waals surface area contributed by atoms with Crippen molar-refractivity contribution in [1.29, 1.82) is 0 Å². The first-order valence-electron chi connectivity index (χ1n) is 6.35. The summed E-state index contributed by atoms with van der Waals surface area (Å²) in [5.74, 6) is -3.71. The number of halogens is 2. The molecule has 0 radical (unpaired) electrons. The van der Waals surface area contributed by atoms with Crippen LogP contribution in [0.2, 0.25) is 0 Å². The molecule has 0 atom stereocenters. The molecule has 1 aliphatic carbocycles. The van der Waals surface area contributed by atoms with E-state index in [0.717, 1.165) is 12.8 Å². The third-order valence-corrected chi connectivity index (χ3v) is 3.19. The Bertz CT molecular complexity index is 432. The van der Waals surface area contributed by atoms with Gasteiger partial charge in [-0.1, -0.05) is 30.3 Å². The Morgan fingerprint density at radius 1 is 1.32 bits per heavy atom. The zero-order valence-electron chi connectivity index (χ0n) is 10.6. The van der Waals surface area contributed by atoms with Gasteiger partial charge < -0.3 is 5.11 Å². The lowest BCUT2D eigenvalue weighted by atomic mass is 10.1. The summed E-state index contributed by atoms with van der Waals surface area (Å²) < 4.78 is 28.2. The Balaban J connectivity index is 2.03. The SMILES string of the molecule is O=C(O)CN(CC1CC1)CC(F)(F)c1ccccc1. The minimum atomic E-state index is -3.02. The number of benzene rings is 1. The minimum absolute atomic E-state index is 0.0683. The predicted molar refractivity (Wildman–Crippen MR) is 67.1 cm³/mol. The van der Waals surface area contributed by atoms with E-state index < -0.39 is 18.4 Å². The van der Waals surface area contributed by atoms with Crippen molar-refractivity contribution >= 4 is 5.97 Å². The number of carbonyl (C=O) groups is 1. The summed E-state index contributed by atoms with van der Waals surface area (Å²) in [5, 5.41) is 8.80. The Labute approximate surface area is 110 Å². The van der Waals surface area contributed by atoms with Crippen LogP contribution in [0.4, 0.5) is 8.78 Å².